The van der Waals surface area contributed by atoms with E-state index in [9.17, 15) is 9.59 Å². The number of hydrogen-bond donors (Lipinski definition) is 1. The minimum absolute atomic E-state index is 0.0842. The fraction of sp³-hybridized carbons (Fsp3) is 0.600. The maximum Gasteiger partial charge on any atom is 0.267 e. The largest absolute Gasteiger partial charge is 0.479 e. The third-order valence-electron chi connectivity index (χ3n) is 6.01. The molecule has 2 saturated heterocycles. The van der Waals surface area contributed by atoms with Crippen LogP contribution in [-0.2, 0) is 9.59 Å². The van der Waals surface area contributed by atoms with Crippen LogP contribution >= 0.6 is 0 Å². The van der Waals surface area contributed by atoms with Gasteiger partial charge in [0.05, 0.1) is 5.69 Å². The Hall–Kier alpha value is -2.08. The highest BCUT2D eigenvalue weighted by atomic mass is 16.5. The molecule has 26 heavy (non-hydrogen) atoms. The van der Waals surface area contributed by atoms with Gasteiger partial charge in [-0.3, -0.25) is 9.59 Å². The summed E-state index contributed by atoms with van der Waals surface area (Å²) in [6.45, 7) is 2.15. The molecule has 6 nitrogen and oxygen atoms in total. The van der Waals surface area contributed by atoms with Crippen molar-refractivity contribution in [2.24, 2.45) is 0 Å². The number of hydrogen-bond acceptors (Lipinski definition) is 4. The van der Waals surface area contributed by atoms with Gasteiger partial charge in [0.1, 0.15) is 5.75 Å². The molecule has 140 valence electrons. The molecule has 0 spiro atoms. The average molecular weight is 357 g/mol. The highest BCUT2D eigenvalue weighted by Gasteiger charge is 2.37. The van der Waals surface area contributed by atoms with Gasteiger partial charge >= 0.3 is 0 Å². The third-order valence-corrected chi connectivity index (χ3v) is 6.01. The fourth-order valence-corrected chi connectivity index (χ4v) is 4.52. The van der Waals surface area contributed by atoms with E-state index >= 15 is 0 Å². The number of nitrogens with zero attached hydrogens (tertiary/aromatic N) is 2. The topological polar surface area (TPSA) is 61.9 Å². The smallest absolute Gasteiger partial charge is 0.267 e. The van der Waals surface area contributed by atoms with E-state index in [2.05, 4.69) is 5.32 Å². The SMILES string of the molecule is CC1Oc2ccccc2N(CCC(=O)N(C)C2CC3CCC(C2)N3)C1=O. The molecule has 0 radical (unpaired) electrons. The van der Waals surface area contributed by atoms with E-state index in [1.54, 1.807) is 11.8 Å². The molecule has 3 aliphatic heterocycles. The molecular formula is C20H27N3O3. The predicted octanol–water partition coefficient (Wildman–Crippen LogP) is 1.93. The number of ether oxygens (including phenoxy) is 1. The van der Waals surface area contributed by atoms with Crippen LogP contribution in [-0.4, -0.2) is 54.5 Å². The summed E-state index contributed by atoms with van der Waals surface area (Å²) in [5.41, 5.74) is 0.756. The van der Waals surface area contributed by atoms with Crippen LogP contribution in [0.15, 0.2) is 24.3 Å². The normalized spacial score (nSPS) is 29.9. The van der Waals surface area contributed by atoms with E-state index < -0.39 is 6.10 Å². The van der Waals surface area contributed by atoms with Gasteiger partial charge in [-0.05, 0) is 44.7 Å². The first-order chi connectivity index (χ1) is 12.5. The molecule has 0 aromatic heterocycles. The lowest BCUT2D eigenvalue weighted by Crippen LogP contribution is -2.50. The zero-order valence-electron chi connectivity index (χ0n) is 15.5. The van der Waals surface area contributed by atoms with Crippen molar-refractivity contribution in [3.63, 3.8) is 0 Å². The molecule has 2 bridgehead atoms. The molecule has 2 amide bonds. The van der Waals surface area contributed by atoms with Crippen LogP contribution in [0.4, 0.5) is 5.69 Å². The summed E-state index contributed by atoms with van der Waals surface area (Å²) < 4.78 is 5.66. The van der Waals surface area contributed by atoms with Gasteiger partial charge in [-0.25, -0.2) is 0 Å². The first-order valence-corrected chi connectivity index (χ1v) is 9.61. The molecule has 1 aromatic rings. The van der Waals surface area contributed by atoms with Crippen LogP contribution in [0, 0.1) is 0 Å². The Morgan fingerprint density at radius 3 is 2.69 bits per heavy atom. The molecule has 6 heteroatoms. The molecule has 3 unspecified atom stereocenters. The van der Waals surface area contributed by atoms with Crippen LogP contribution in [0.1, 0.15) is 39.0 Å². The van der Waals surface area contributed by atoms with Gasteiger partial charge in [-0.1, -0.05) is 12.1 Å². The third kappa shape index (κ3) is 3.18. The van der Waals surface area contributed by atoms with Crippen molar-refractivity contribution in [3.8, 4) is 5.75 Å². The lowest BCUT2D eigenvalue weighted by atomic mass is 9.98. The predicted molar refractivity (Wildman–Crippen MR) is 99.2 cm³/mol. The molecule has 1 aromatic carbocycles. The van der Waals surface area contributed by atoms with Gasteiger partial charge in [0.25, 0.3) is 5.91 Å². The Bertz CT molecular complexity index is 695. The number of benzene rings is 1. The zero-order chi connectivity index (χ0) is 18.3. The molecule has 3 atom stereocenters. The highest BCUT2D eigenvalue weighted by molar-refractivity contribution is 6.00. The van der Waals surface area contributed by atoms with Gasteiger partial charge in [0.15, 0.2) is 6.10 Å². The summed E-state index contributed by atoms with van der Waals surface area (Å²) in [5, 5.41) is 3.61. The number of para-hydroxylation sites is 2. The minimum Gasteiger partial charge on any atom is -0.479 e. The molecular weight excluding hydrogens is 330 g/mol. The Morgan fingerprint density at radius 1 is 1.27 bits per heavy atom. The first-order valence-electron chi connectivity index (χ1n) is 9.61. The van der Waals surface area contributed by atoms with Crippen LogP contribution in [0.25, 0.3) is 0 Å². The van der Waals surface area contributed by atoms with E-state index in [1.165, 1.54) is 12.8 Å². The molecule has 0 saturated carbocycles. The highest BCUT2D eigenvalue weighted by Crippen LogP contribution is 2.34. The summed E-state index contributed by atoms with van der Waals surface area (Å²) in [4.78, 5) is 28.9. The van der Waals surface area contributed by atoms with Crippen LogP contribution in [0.5, 0.6) is 5.75 Å². The molecule has 4 rings (SSSR count). The fourth-order valence-electron chi connectivity index (χ4n) is 4.52. The van der Waals surface area contributed by atoms with E-state index in [0.717, 1.165) is 18.5 Å². The zero-order valence-corrected chi connectivity index (χ0v) is 15.5. The van der Waals surface area contributed by atoms with Crippen LogP contribution in [0.2, 0.25) is 0 Å². The van der Waals surface area contributed by atoms with Crippen LogP contribution in [0.3, 0.4) is 0 Å². The Labute approximate surface area is 154 Å². The summed E-state index contributed by atoms with van der Waals surface area (Å²) in [7, 11) is 1.91. The number of carbonyl (C=O) groups is 2. The van der Waals surface area contributed by atoms with Crippen molar-refractivity contribution in [1.29, 1.82) is 0 Å². The summed E-state index contributed by atoms with van der Waals surface area (Å²) in [5.74, 6) is 0.732. The molecule has 3 heterocycles. The van der Waals surface area contributed by atoms with Crippen molar-refractivity contribution in [3.05, 3.63) is 24.3 Å². The van der Waals surface area contributed by atoms with Crippen molar-refractivity contribution < 1.29 is 14.3 Å². The van der Waals surface area contributed by atoms with E-state index in [-0.39, 0.29) is 11.8 Å². The standard InChI is InChI=1S/C20H27N3O3/c1-13-20(25)23(17-5-3-4-6-18(17)26-13)10-9-19(24)22(2)16-11-14-7-8-15(12-16)21-14/h3-6,13-16,21H,7-12H2,1-2H3. The second-order valence-electron chi connectivity index (χ2n) is 7.74. The van der Waals surface area contributed by atoms with E-state index in [1.807, 2.05) is 36.2 Å². The number of anilines is 1. The lowest BCUT2D eigenvalue weighted by molar-refractivity contribution is -0.132. The van der Waals surface area contributed by atoms with Gasteiger partial charge in [0, 0.05) is 38.1 Å². The van der Waals surface area contributed by atoms with Crippen molar-refractivity contribution in [2.45, 2.75) is 63.3 Å². The Balaban J connectivity index is 1.40. The van der Waals surface area contributed by atoms with Gasteiger partial charge in [-0.2, -0.15) is 0 Å². The molecule has 0 aliphatic carbocycles. The van der Waals surface area contributed by atoms with Crippen molar-refractivity contribution in [1.82, 2.24) is 10.2 Å². The summed E-state index contributed by atoms with van der Waals surface area (Å²) in [6, 6.07) is 8.95. The molecule has 1 N–H and O–H groups in total. The number of carbonyl (C=O) groups excluding carboxylic acids is 2. The number of nitrogens with one attached hydrogen (secondary N) is 1. The number of rotatable bonds is 4. The van der Waals surface area contributed by atoms with Gasteiger partial charge < -0.3 is 19.9 Å². The quantitative estimate of drug-likeness (QED) is 0.894. The molecule has 2 fully saturated rings. The Kier molecular flexibility index (Phi) is 4.61. The maximum absolute atomic E-state index is 12.8. The monoisotopic (exact) mass is 357 g/mol. The maximum atomic E-state index is 12.8. The van der Waals surface area contributed by atoms with E-state index in [4.69, 9.17) is 4.74 Å². The summed E-state index contributed by atoms with van der Waals surface area (Å²) >= 11 is 0. The van der Waals surface area contributed by atoms with E-state index in [0.29, 0.717) is 36.8 Å². The molecule has 3 aliphatic rings. The van der Waals surface area contributed by atoms with Gasteiger partial charge in [-0.15, -0.1) is 0 Å². The van der Waals surface area contributed by atoms with Gasteiger partial charge in [0.2, 0.25) is 5.91 Å². The second-order valence-corrected chi connectivity index (χ2v) is 7.74. The average Bonchev–Trinajstić information content (AvgIpc) is 2.99. The minimum atomic E-state index is -0.516. The first kappa shape index (κ1) is 17.3. The van der Waals surface area contributed by atoms with Crippen molar-refractivity contribution >= 4 is 17.5 Å². The van der Waals surface area contributed by atoms with Crippen LogP contribution < -0.4 is 15.0 Å². The summed E-state index contributed by atoms with van der Waals surface area (Å²) in [6.07, 6.45) is 4.34. The van der Waals surface area contributed by atoms with Crippen molar-refractivity contribution in [2.75, 3.05) is 18.5 Å². The lowest BCUT2D eigenvalue weighted by Gasteiger charge is -2.36. The Morgan fingerprint density at radius 2 is 1.96 bits per heavy atom. The number of fused-ring (bicyclic) bond motifs is 3. The number of amides is 2. The second kappa shape index (κ2) is 6.91. The number of piperidine rings is 1.